The van der Waals surface area contributed by atoms with Crippen LogP contribution in [-0.2, 0) is 19.0 Å². The second kappa shape index (κ2) is 11.4. The SMILES string of the molecule is COCCOCCOCC[15NH]CC(=O)O. The Hall–Kier alpha value is -0.690. The highest BCUT2D eigenvalue weighted by atomic mass is 16.5. The highest BCUT2D eigenvalue weighted by Gasteiger charge is 1.94. The van der Waals surface area contributed by atoms with Crippen molar-refractivity contribution in [2.45, 2.75) is 0 Å². The zero-order valence-electron chi connectivity index (χ0n) is 9.03. The molecule has 0 saturated heterocycles. The van der Waals surface area contributed by atoms with Gasteiger partial charge in [0.1, 0.15) is 0 Å². The van der Waals surface area contributed by atoms with Gasteiger partial charge in [-0.1, -0.05) is 0 Å². The lowest BCUT2D eigenvalue weighted by Gasteiger charge is -2.05. The van der Waals surface area contributed by atoms with Gasteiger partial charge in [0, 0.05) is 13.7 Å². The minimum atomic E-state index is -0.863. The Balaban J connectivity index is 2.89. The molecule has 6 nitrogen and oxygen atoms in total. The van der Waals surface area contributed by atoms with Gasteiger partial charge in [0.05, 0.1) is 39.6 Å². The molecule has 0 unspecified atom stereocenters. The quantitative estimate of drug-likeness (QED) is 0.357. The molecule has 0 radical (unpaired) electrons. The topological polar surface area (TPSA) is 77.0 Å². The molecule has 0 atom stereocenters. The van der Waals surface area contributed by atoms with Crippen LogP contribution in [0.15, 0.2) is 0 Å². The van der Waals surface area contributed by atoms with E-state index in [1.807, 2.05) is 0 Å². The summed E-state index contributed by atoms with van der Waals surface area (Å²) in [6.45, 7) is 3.18. The summed E-state index contributed by atoms with van der Waals surface area (Å²) in [6, 6.07) is 0. The molecule has 2 N–H and O–H groups in total. The van der Waals surface area contributed by atoms with Gasteiger partial charge in [-0.2, -0.15) is 0 Å². The first-order valence-corrected chi connectivity index (χ1v) is 4.84. The molecule has 0 amide bonds. The van der Waals surface area contributed by atoms with E-state index in [0.29, 0.717) is 39.6 Å². The number of hydrogen-bond acceptors (Lipinski definition) is 5. The number of hydrogen-bond donors (Lipinski definition) is 2. The van der Waals surface area contributed by atoms with Crippen LogP contribution in [0.5, 0.6) is 0 Å². The molecular weight excluding hydrogens is 203 g/mol. The highest BCUT2D eigenvalue weighted by Crippen LogP contribution is 1.79. The van der Waals surface area contributed by atoms with Crippen molar-refractivity contribution >= 4 is 5.97 Å². The summed E-state index contributed by atoms with van der Waals surface area (Å²) in [6.07, 6.45) is 0. The van der Waals surface area contributed by atoms with E-state index in [4.69, 9.17) is 19.3 Å². The first kappa shape index (κ1) is 14.3. The van der Waals surface area contributed by atoms with Gasteiger partial charge in [0.2, 0.25) is 0 Å². The zero-order valence-corrected chi connectivity index (χ0v) is 9.03. The van der Waals surface area contributed by atoms with Gasteiger partial charge in [-0.3, -0.25) is 4.79 Å². The van der Waals surface area contributed by atoms with E-state index < -0.39 is 5.97 Å². The molecule has 0 aromatic carbocycles. The first-order valence-electron chi connectivity index (χ1n) is 4.84. The smallest absolute Gasteiger partial charge is 0.317 e. The summed E-state index contributed by atoms with van der Waals surface area (Å²) >= 11 is 0. The van der Waals surface area contributed by atoms with Crippen LogP contribution in [0.4, 0.5) is 0 Å². The Labute approximate surface area is 89.5 Å². The monoisotopic (exact) mass is 222 g/mol. The average molecular weight is 222 g/mol. The van der Waals surface area contributed by atoms with Gasteiger partial charge < -0.3 is 24.6 Å². The molecule has 0 aliphatic carbocycles. The average Bonchev–Trinajstić information content (AvgIpc) is 2.20. The number of carbonyl (C=O) groups is 1. The molecule has 0 aliphatic rings. The Morgan fingerprint density at radius 3 is 2.33 bits per heavy atom. The van der Waals surface area contributed by atoms with Gasteiger partial charge in [0.15, 0.2) is 0 Å². The number of carboxylic acids is 1. The molecule has 0 fully saturated rings. The summed E-state index contributed by atoms with van der Waals surface area (Å²) < 4.78 is 15.1. The maximum Gasteiger partial charge on any atom is 0.317 e. The van der Waals surface area contributed by atoms with E-state index in [0.717, 1.165) is 0 Å². The molecule has 0 aromatic rings. The lowest BCUT2D eigenvalue weighted by atomic mass is 10.6. The Morgan fingerprint density at radius 2 is 1.73 bits per heavy atom. The van der Waals surface area contributed by atoms with Crippen LogP contribution in [0.3, 0.4) is 0 Å². The van der Waals surface area contributed by atoms with Gasteiger partial charge >= 0.3 is 5.97 Å². The van der Waals surface area contributed by atoms with Crippen LogP contribution < -0.4 is 5.32 Å². The maximum absolute atomic E-state index is 10.1. The molecule has 0 aliphatic heterocycles. The molecule has 0 bridgehead atoms. The van der Waals surface area contributed by atoms with Crippen molar-refractivity contribution in [3.8, 4) is 0 Å². The highest BCUT2D eigenvalue weighted by molar-refractivity contribution is 5.68. The fourth-order valence-electron chi connectivity index (χ4n) is 0.804. The Kier molecular flexibility index (Phi) is 10.9. The van der Waals surface area contributed by atoms with Crippen LogP contribution in [0.1, 0.15) is 0 Å². The van der Waals surface area contributed by atoms with Crippen molar-refractivity contribution < 1.29 is 24.1 Å². The van der Waals surface area contributed by atoms with Crippen molar-refractivity contribution in [2.75, 3.05) is 53.2 Å². The van der Waals surface area contributed by atoms with Crippen LogP contribution in [0.2, 0.25) is 0 Å². The minimum Gasteiger partial charge on any atom is -0.480 e. The predicted molar refractivity (Wildman–Crippen MR) is 54.0 cm³/mol. The number of ether oxygens (including phenoxy) is 3. The zero-order chi connectivity index (χ0) is 11.4. The molecule has 0 spiro atoms. The van der Waals surface area contributed by atoms with Crippen molar-refractivity contribution in [1.29, 1.82) is 0 Å². The predicted octanol–water partition coefficient (Wildman–Crippen LogP) is -0.660. The van der Waals surface area contributed by atoms with Crippen molar-refractivity contribution in [3.63, 3.8) is 0 Å². The molecular formula is C9H19NO5. The van der Waals surface area contributed by atoms with Crippen LogP contribution >= 0.6 is 0 Å². The van der Waals surface area contributed by atoms with Crippen molar-refractivity contribution in [3.05, 3.63) is 0 Å². The molecule has 0 aromatic heterocycles. The second-order valence-corrected chi connectivity index (χ2v) is 2.79. The molecule has 0 heterocycles. The fourth-order valence-corrected chi connectivity index (χ4v) is 0.804. The van der Waals surface area contributed by atoms with E-state index >= 15 is 0 Å². The van der Waals surface area contributed by atoms with Crippen LogP contribution in [0, 0.1) is 0 Å². The number of rotatable bonds is 11. The number of methoxy groups -OCH3 is 1. The molecule has 90 valence electrons. The van der Waals surface area contributed by atoms with Gasteiger partial charge in [0.25, 0.3) is 0 Å². The fraction of sp³-hybridized carbons (Fsp3) is 0.889. The van der Waals surface area contributed by atoms with Gasteiger partial charge in [-0.25, -0.2) is 0 Å². The van der Waals surface area contributed by atoms with Crippen molar-refractivity contribution in [2.24, 2.45) is 0 Å². The summed E-state index contributed by atoms with van der Waals surface area (Å²) in [4.78, 5) is 10.1. The third-order valence-corrected chi connectivity index (χ3v) is 1.50. The lowest BCUT2D eigenvalue weighted by Crippen LogP contribution is -2.26. The number of nitrogens with one attached hydrogen (secondary N) is 1. The summed E-state index contributed by atoms with van der Waals surface area (Å²) in [5.41, 5.74) is 0. The lowest BCUT2D eigenvalue weighted by molar-refractivity contribution is -0.136. The Morgan fingerprint density at radius 1 is 1.13 bits per heavy atom. The Bertz CT molecular complexity index is 153. The third-order valence-electron chi connectivity index (χ3n) is 1.50. The summed E-state index contributed by atoms with van der Waals surface area (Å²) in [5.74, 6) is -0.863. The molecule has 0 rings (SSSR count). The van der Waals surface area contributed by atoms with Gasteiger partial charge in [-0.15, -0.1) is 0 Å². The van der Waals surface area contributed by atoms with Crippen molar-refractivity contribution in [1.82, 2.24) is 5.32 Å². The van der Waals surface area contributed by atoms with E-state index in [2.05, 4.69) is 5.32 Å². The van der Waals surface area contributed by atoms with Gasteiger partial charge in [-0.05, 0) is 0 Å². The van der Waals surface area contributed by atoms with Crippen LogP contribution in [-0.4, -0.2) is 64.3 Å². The number of carboxylic acid groups (broad SMARTS) is 1. The third kappa shape index (κ3) is 13.3. The molecule has 0 saturated carbocycles. The van der Waals surface area contributed by atoms with E-state index in [1.165, 1.54) is 0 Å². The van der Waals surface area contributed by atoms with E-state index in [-0.39, 0.29) is 6.54 Å². The van der Waals surface area contributed by atoms with E-state index in [9.17, 15) is 4.79 Å². The summed E-state index contributed by atoms with van der Waals surface area (Å²) in [7, 11) is 1.62. The van der Waals surface area contributed by atoms with Crippen LogP contribution in [0.25, 0.3) is 0 Å². The maximum atomic E-state index is 10.1. The summed E-state index contributed by atoms with van der Waals surface area (Å²) in [5, 5.41) is 11.0. The minimum absolute atomic E-state index is 0.0340. The first-order chi connectivity index (χ1) is 7.27. The largest absolute Gasteiger partial charge is 0.480 e. The van der Waals surface area contributed by atoms with E-state index in [1.54, 1.807) is 7.11 Å². The number of aliphatic carboxylic acids is 1. The molecule has 15 heavy (non-hydrogen) atoms. The standard InChI is InChI=1S/C9H19NO5/c1-13-4-5-15-7-6-14-3-2-10-8-9(11)12/h10H,2-8H2,1H3,(H,11,12)/i10+1. The second-order valence-electron chi connectivity index (χ2n) is 2.79. The normalized spacial score (nSPS) is 10.5. The molecule has 6 heteroatoms.